The molecule has 1 atom stereocenters. The van der Waals surface area contributed by atoms with Crippen LogP contribution in [0.25, 0.3) is 11.3 Å². The average Bonchev–Trinajstić information content (AvgIpc) is 3.33. The number of amides is 1. The maximum Gasteiger partial charge on any atom is 0.375 e. The van der Waals surface area contributed by atoms with E-state index in [2.05, 4.69) is 5.32 Å². The Hall–Kier alpha value is -3.16. The van der Waals surface area contributed by atoms with Crippen LogP contribution in [-0.4, -0.2) is 28.9 Å². The fraction of sp³-hybridized carbons (Fsp3) is 0.368. The first-order valence-corrected chi connectivity index (χ1v) is 8.80. The zero-order valence-corrected chi connectivity index (χ0v) is 14.8. The molecule has 1 fully saturated rings. The van der Waals surface area contributed by atoms with E-state index in [-0.39, 0.29) is 23.4 Å². The van der Waals surface area contributed by atoms with Crippen molar-refractivity contribution in [3.05, 3.63) is 52.3 Å². The van der Waals surface area contributed by atoms with Gasteiger partial charge in [0.25, 0.3) is 11.6 Å². The number of nitrogens with zero attached hydrogens (tertiary/aromatic N) is 1. The molecule has 0 radical (unpaired) electrons. The molecule has 2 aromatic rings. The summed E-state index contributed by atoms with van der Waals surface area (Å²) in [6.45, 7) is 1.52. The molecule has 27 heavy (non-hydrogen) atoms. The number of nitro benzene ring substituents is 1. The second-order valence-corrected chi connectivity index (χ2v) is 6.51. The normalized spacial score (nSPS) is 15.3. The molecule has 1 aliphatic rings. The smallest absolute Gasteiger partial charge is 0.375 e. The number of non-ortho nitro benzene ring substituents is 1. The fourth-order valence-corrected chi connectivity index (χ4v) is 3.01. The van der Waals surface area contributed by atoms with E-state index in [1.54, 1.807) is 6.07 Å². The van der Waals surface area contributed by atoms with Crippen molar-refractivity contribution in [3.8, 4) is 11.3 Å². The summed E-state index contributed by atoms with van der Waals surface area (Å²) in [6, 6.07) is 8.93. The second-order valence-electron chi connectivity index (χ2n) is 6.51. The largest absolute Gasteiger partial charge is 0.449 e. The van der Waals surface area contributed by atoms with Crippen LogP contribution in [0.5, 0.6) is 0 Å². The number of furan rings is 1. The molecule has 8 nitrogen and oxygen atoms in total. The van der Waals surface area contributed by atoms with Gasteiger partial charge in [0.15, 0.2) is 6.10 Å². The van der Waals surface area contributed by atoms with Crippen LogP contribution in [-0.2, 0) is 9.53 Å². The molecule has 3 rings (SSSR count). The summed E-state index contributed by atoms with van der Waals surface area (Å²) in [6.07, 6.45) is 3.16. The van der Waals surface area contributed by atoms with Crippen molar-refractivity contribution in [1.82, 2.24) is 5.32 Å². The zero-order chi connectivity index (χ0) is 19.4. The lowest BCUT2D eigenvalue weighted by Gasteiger charge is -2.16. The number of ether oxygens (including phenoxy) is 1. The maximum absolute atomic E-state index is 12.2. The predicted octanol–water partition coefficient (Wildman–Crippen LogP) is 3.46. The molecule has 142 valence electrons. The summed E-state index contributed by atoms with van der Waals surface area (Å²) in [5.41, 5.74) is 0.554. The third kappa shape index (κ3) is 4.52. The van der Waals surface area contributed by atoms with E-state index in [0.717, 1.165) is 25.7 Å². The fourth-order valence-electron chi connectivity index (χ4n) is 3.01. The van der Waals surface area contributed by atoms with E-state index < -0.39 is 17.0 Å². The first-order valence-electron chi connectivity index (χ1n) is 8.80. The number of rotatable bonds is 6. The second kappa shape index (κ2) is 8.03. The van der Waals surface area contributed by atoms with Gasteiger partial charge in [0.05, 0.1) is 4.92 Å². The Kier molecular flexibility index (Phi) is 5.54. The highest BCUT2D eigenvalue weighted by molar-refractivity contribution is 5.90. The van der Waals surface area contributed by atoms with Crippen molar-refractivity contribution in [2.24, 2.45) is 0 Å². The van der Waals surface area contributed by atoms with Gasteiger partial charge in [-0.2, -0.15) is 0 Å². The molecule has 1 aromatic carbocycles. The van der Waals surface area contributed by atoms with Crippen LogP contribution in [0.3, 0.4) is 0 Å². The summed E-state index contributed by atoms with van der Waals surface area (Å²) >= 11 is 0. The monoisotopic (exact) mass is 372 g/mol. The van der Waals surface area contributed by atoms with Crippen molar-refractivity contribution >= 4 is 17.6 Å². The van der Waals surface area contributed by atoms with Gasteiger partial charge in [-0.05, 0) is 44.0 Å². The average molecular weight is 372 g/mol. The van der Waals surface area contributed by atoms with Crippen LogP contribution in [0.4, 0.5) is 5.69 Å². The van der Waals surface area contributed by atoms with Crippen LogP contribution in [0.2, 0.25) is 0 Å². The minimum atomic E-state index is -0.925. The summed E-state index contributed by atoms with van der Waals surface area (Å²) < 4.78 is 10.6. The molecular formula is C19H20N2O6. The van der Waals surface area contributed by atoms with Gasteiger partial charge in [-0.25, -0.2) is 4.79 Å². The van der Waals surface area contributed by atoms with E-state index in [9.17, 15) is 19.7 Å². The van der Waals surface area contributed by atoms with Crippen molar-refractivity contribution in [3.63, 3.8) is 0 Å². The Labute approximate surface area is 155 Å². The van der Waals surface area contributed by atoms with E-state index in [1.165, 1.54) is 37.3 Å². The molecular weight excluding hydrogens is 352 g/mol. The number of carbonyl (C=O) groups excluding carboxylic acids is 2. The molecule has 0 bridgehead atoms. The quantitative estimate of drug-likeness (QED) is 0.472. The van der Waals surface area contributed by atoms with E-state index in [0.29, 0.717) is 11.3 Å². The van der Waals surface area contributed by atoms with Crippen LogP contribution in [0.15, 0.2) is 40.8 Å². The van der Waals surface area contributed by atoms with E-state index in [4.69, 9.17) is 9.15 Å². The summed E-state index contributed by atoms with van der Waals surface area (Å²) in [5, 5.41) is 13.6. The Morgan fingerprint density at radius 3 is 2.48 bits per heavy atom. The topological polar surface area (TPSA) is 112 Å². The van der Waals surface area contributed by atoms with Crippen LogP contribution >= 0.6 is 0 Å². The van der Waals surface area contributed by atoms with Crippen molar-refractivity contribution in [2.75, 3.05) is 0 Å². The van der Waals surface area contributed by atoms with E-state index in [1.807, 2.05) is 0 Å². The minimum Gasteiger partial charge on any atom is -0.449 e. The van der Waals surface area contributed by atoms with Gasteiger partial charge in [0.2, 0.25) is 5.76 Å². The molecule has 1 saturated carbocycles. The maximum atomic E-state index is 12.2. The highest BCUT2D eigenvalue weighted by atomic mass is 16.6. The minimum absolute atomic E-state index is 0.0351. The Bertz CT molecular complexity index is 836. The lowest BCUT2D eigenvalue weighted by molar-refractivity contribution is -0.384. The van der Waals surface area contributed by atoms with Gasteiger partial charge in [-0.15, -0.1) is 0 Å². The Morgan fingerprint density at radius 1 is 1.19 bits per heavy atom. The summed E-state index contributed by atoms with van der Waals surface area (Å²) in [5.74, 6) is -0.724. The molecule has 0 spiro atoms. The predicted molar refractivity (Wildman–Crippen MR) is 96.1 cm³/mol. The highest BCUT2D eigenvalue weighted by Crippen LogP contribution is 2.25. The molecule has 1 heterocycles. The summed E-state index contributed by atoms with van der Waals surface area (Å²) in [7, 11) is 0. The van der Waals surface area contributed by atoms with Crippen LogP contribution < -0.4 is 5.32 Å². The number of esters is 1. The Morgan fingerprint density at radius 2 is 1.85 bits per heavy atom. The number of nitro groups is 1. The highest BCUT2D eigenvalue weighted by Gasteiger charge is 2.24. The molecule has 1 aliphatic carbocycles. The van der Waals surface area contributed by atoms with E-state index >= 15 is 0 Å². The first kappa shape index (κ1) is 18.6. The van der Waals surface area contributed by atoms with Gasteiger partial charge in [0.1, 0.15) is 5.76 Å². The molecule has 8 heteroatoms. The molecule has 1 N–H and O–H groups in total. The SMILES string of the molecule is C[C@@H](OC(=O)c1ccc(-c2ccc([N+](=O)[O-])cc2)o1)C(=O)NC1CCCC1. The number of benzene rings is 1. The van der Waals surface area contributed by atoms with Gasteiger partial charge >= 0.3 is 5.97 Å². The van der Waals surface area contributed by atoms with Crippen LogP contribution in [0.1, 0.15) is 43.2 Å². The van der Waals surface area contributed by atoms with Gasteiger partial charge in [-0.3, -0.25) is 14.9 Å². The molecule has 0 aliphatic heterocycles. The number of carbonyl (C=O) groups is 2. The third-order valence-corrected chi connectivity index (χ3v) is 4.52. The van der Waals surface area contributed by atoms with Crippen molar-refractivity contribution < 1.29 is 23.7 Å². The number of hydrogen-bond acceptors (Lipinski definition) is 6. The molecule has 0 unspecified atom stereocenters. The summed E-state index contributed by atoms with van der Waals surface area (Å²) in [4.78, 5) is 34.5. The first-order chi connectivity index (χ1) is 12.9. The van der Waals surface area contributed by atoms with Gasteiger partial charge in [0, 0.05) is 23.7 Å². The lowest BCUT2D eigenvalue weighted by atomic mass is 10.1. The molecule has 1 aromatic heterocycles. The van der Waals surface area contributed by atoms with Gasteiger partial charge < -0.3 is 14.5 Å². The lowest BCUT2D eigenvalue weighted by Crippen LogP contribution is -2.40. The van der Waals surface area contributed by atoms with Gasteiger partial charge in [-0.1, -0.05) is 12.8 Å². The van der Waals surface area contributed by atoms with Crippen LogP contribution in [0, 0.1) is 10.1 Å². The third-order valence-electron chi connectivity index (χ3n) is 4.52. The molecule has 0 saturated heterocycles. The Balaban J connectivity index is 1.60. The standard InChI is InChI=1S/C19H20N2O6/c1-12(18(22)20-14-4-2-3-5-14)26-19(23)17-11-10-16(27-17)13-6-8-15(9-7-13)21(24)25/h6-12,14H,2-5H2,1H3,(H,20,22)/t12-/m1/s1. The zero-order valence-electron chi connectivity index (χ0n) is 14.8. The molecule has 1 amide bonds. The number of nitrogens with one attached hydrogen (secondary N) is 1. The van der Waals surface area contributed by atoms with Crippen molar-refractivity contribution in [1.29, 1.82) is 0 Å². The number of hydrogen-bond donors (Lipinski definition) is 1. The van der Waals surface area contributed by atoms with Crippen molar-refractivity contribution in [2.45, 2.75) is 44.8 Å².